The van der Waals surface area contributed by atoms with Gasteiger partial charge in [0.25, 0.3) is 0 Å². The third-order valence-electron chi connectivity index (χ3n) is 1.19. The summed E-state index contributed by atoms with van der Waals surface area (Å²) >= 11 is 0. The first-order valence-corrected chi connectivity index (χ1v) is 3.04. The van der Waals surface area contributed by atoms with Crippen LogP contribution in [-0.2, 0) is 0 Å². The van der Waals surface area contributed by atoms with Gasteiger partial charge in [-0.15, -0.1) is 9.81 Å². The zero-order valence-corrected chi connectivity index (χ0v) is 6.09. The van der Waals surface area contributed by atoms with Gasteiger partial charge < -0.3 is 4.42 Å². The number of nitroso groups, excluding NO2 is 2. The molecular weight excluding hydrogens is 180 g/mol. The summed E-state index contributed by atoms with van der Waals surface area (Å²) in [5.41, 5.74) is 0. The fourth-order valence-electron chi connectivity index (χ4n) is 0.658. The SMILES string of the molecule is O=NC(=O)c1ccc(C(=O)N=O)o1. The van der Waals surface area contributed by atoms with Crippen molar-refractivity contribution in [3.05, 3.63) is 33.5 Å². The molecule has 13 heavy (non-hydrogen) atoms. The molecule has 0 saturated heterocycles. The van der Waals surface area contributed by atoms with E-state index in [9.17, 15) is 19.4 Å². The predicted octanol–water partition coefficient (Wildman–Crippen LogP) is 1.09. The second kappa shape index (κ2) is 3.48. The lowest BCUT2D eigenvalue weighted by molar-refractivity contribution is 0.0951. The zero-order chi connectivity index (χ0) is 9.84. The molecule has 1 heterocycles. The molecule has 0 atom stereocenters. The van der Waals surface area contributed by atoms with Crippen molar-refractivity contribution in [3.8, 4) is 0 Å². The van der Waals surface area contributed by atoms with Crippen molar-refractivity contribution in [1.82, 2.24) is 0 Å². The van der Waals surface area contributed by atoms with E-state index in [0.717, 1.165) is 12.1 Å². The Labute approximate surface area is 70.7 Å². The first-order valence-electron chi connectivity index (χ1n) is 3.04. The van der Waals surface area contributed by atoms with Crippen LogP contribution in [0.5, 0.6) is 0 Å². The highest BCUT2D eigenvalue weighted by atomic mass is 16.4. The zero-order valence-electron chi connectivity index (χ0n) is 6.09. The minimum absolute atomic E-state index is 0.401. The minimum atomic E-state index is -1.15. The van der Waals surface area contributed by atoms with E-state index >= 15 is 0 Å². The lowest BCUT2D eigenvalue weighted by Crippen LogP contribution is -1.92. The van der Waals surface area contributed by atoms with Crippen molar-refractivity contribution in [2.24, 2.45) is 10.4 Å². The Kier molecular flexibility index (Phi) is 2.38. The summed E-state index contributed by atoms with van der Waals surface area (Å²) in [6.45, 7) is 0. The lowest BCUT2D eigenvalue weighted by atomic mass is 10.4. The number of amides is 2. The fraction of sp³-hybridized carbons (Fsp3) is 0. The van der Waals surface area contributed by atoms with Gasteiger partial charge in [0.1, 0.15) is 0 Å². The van der Waals surface area contributed by atoms with Crippen molar-refractivity contribution in [1.29, 1.82) is 0 Å². The molecule has 0 saturated carbocycles. The van der Waals surface area contributed by atoms with E-state index in [1.165, 1.54) is 0 Å². The Morgan fingerprint density at radius 2 is 1.38 bits per heavy atom. The van der Waals surface area contributed by atoms with Crippen LogP contribution < -0.4 is 0 Å². The standard InChI is InChI=1S/C6H2N2O5/c9-5(7-11)3-1-2-4(13-3)6(10)8-12/h1-2H. The summed E-state index contributed by atoms with van der Waals surface area (Å²) in [5, 5.41) is 4.11. The normalized spacial score (nSPS) is 9.23. The van der Waals surface area contributed by atoms with Crippen LogP contribution in [0.3, 0.4) is 0 Å². The third kappa shape index (κ3) is 1.70. The quantitative estimate of drug-likeness (QED) is 0.636. The molecule has 2 amide bonds. The number of nitrogens with zero attached hydrogens (tertiary/aromatic N) is 2. The minimum Gasteiger partial charge on any atom is -0.445 e. The first kappa shape index (κ1) is 8.91. The van der Waals surface area contributed by atoms with Crippen LogP contribution in [0, 0.1) is 9.81 Å². The molecule has 0 aromatic carbocycles. The topological polar surface area (TPSA) is 106 Å². The number of furan rings is 1. The van der Waals surface area contributed by atoms with Crippen LogP contribution in [-0.4, -0.2) is 11.8 Å². The van der Waals surface area contributed by atoms with Gasteiger partial charge in [0.2, 0.25) is 0 Å². The van der Waals surface area contributed by atoms with Gasteiger partial charge in [0, 0.05) is 10.4 Å². The Balaban J connectivity index is 2.99. The van der Waals surface area contributed by atoms with Gasteiger partial charge in [0.15, 0.2) is 11.5 Å². The average Bonchev–Trinajstić information content (AvgIpc) is 2.64. The fourth-order valence-corrected chi connectivity index (χ4v) is 0.658. The molecule has 0 radical (unpaired) electrons. The van der Waals surface area contributed by atoms with Crippen LogP contribution in [0.2, 0.25) is 0 Å². The first-order chi connectivity index (χ1) is 6.19. The molecule has 0 aliphatic heterocycles. The lowest BCUT2D eigenvalue weighted by Gasteiger charge is -1.83. The van der Waals surface area contributed by atoms with E-state index in [0.29, 0.717) is 0 Å². The van der Waals surface area contributed by atoms with Crippen molar-refractivity contribution >= 4 is 11.8 Å². The predicted molar refractivity (Wildman–Crippen MR) is 39.0 cm³/mol. The van der Waals surface area contributed by atoms with Crippen molar-refractivity contribution in [2.75, 3.05) is 0 Å². The summed E-state index contributed by atoms with van der Waals surface area (Å²) in [7, 11) is 0. The van der Waals surface area contributed by atoms with E-state index in [4.69, 9.17) is 0 Å². The van der Waals surface area contributed by atoms with E-state index in [1.807, 2.05) is 0 Å². The Morgan fingerprint density at radius 1 is 1.00 bits per heavy atom. The molecule has 0 N–H and O–H groups in total. The Hall–Kier alpha value is -2.18. The maximum absolute atomic E-state index is 10.5. The summed E-state index contributed by atoms with van der Waals surface area (Å²) < 4.78 is 4.50. The van der Waals surface area contributed by atoms with Crippen LogP contribution in [0.25, 0.3) is 0 Å². The smallest absolute Gasteiger partial charge is 0.351 e. The van der Waals surface area contributed by atoms with E-state index in [2.05, 4.69) is 14.8 Å². The highest BCUT2D eigenvalue weighted by Crippen LogP contribution is 2.09. The van der Waals surface area contributed by atoms with Gasteiger partial charge in [-0.2, -0.15) is 0 Å². The van der Waals surface area contributed by atoms with Crippen LogP contribution >= 0.6 is 0 Å². The molecule has 0 spiro atoms. The number of rotatable bonds is 2. The van der Waals surface area contributed by atoms with E-state index < -0.39 is 23.3 Å². The highest BCUT2D eigenvalue weighted by Gasteiger charge is 2.15. The molecule has 66 valence electrons. The van der Waals surface area contributed by atoms with Gasteiger partial charge in [-0.1, -0.05) is 0 Å². The van der Waals surface area contributed by atoms with Gasteiger partial charge in [-0.05, 0) is 12.1 Å². The van der Waals surface area contributed by atoms with Crippen LogP contribution in [0.4, 0.5) is 0 Å². The summed E-state index contributed by atoms with van der Waals surface area (Å²) in [6.07, 6.45) is 0. The summed E-state index contributed by atoms with van der Waals surface area (Å²) in [6, 6.07) is 2.12. The summed E-state index contributed by atoms with van der Waals surface area (Å²) in [4.78, 5) is 40.5. The van der Waals surface area contributed by atoms with Gasteiger partial charge >= 0.3 is 11.8 Å². The number of carbonyl (C=O) groups is 2. The highest BCUT2D eigenvalue weighted by molar-refractivity contribution is 5.96. The number of carbonyl (C=O) groups excluding carboxylic acids is 2. The summed E-state index contributed by atoms with van der Waals surface area (Å²) in [5.74, 6) is -3.10. The molecule has 0 fully saturated rings. The van der Waals surface area contributed by atoms with Crippen molar-refractivity contribution in [3.63, 3.8) is 0 Å². The molecule has 7 heteroatoms. The van der Waals surface area contributed by atoms with Gasteiger partial charge in [-0.25, -0.2) is 0 Å². The molecule has 1 aromatic rings. The molecule has 0 aliphatic carbocycles. The van der Waals surface area contributed by atoms with Crippen LogP contribution in [0.1, 0.15) is 21.1 Å². The molecule has 7 nitrogen and oxygen atoms in total. The number of hydrogen-bond acceptors (Lipinski definition) is 5. The molecule has 1 aromatic heterocycles. The maximum Gasteiger partial charge on any atom is 0.351 e. The average molecular weight is 182 g/mol. The molecular formula is C6H2N2O5. The van der Waals surface area contributed by atoms with E-state index in [-0.39, 0.29) is 0 Å². The third-order valence-corrected chi connectivity index (χ3v) is 1.19. The maximum atomic E-state index is 10.5. The number of hydrogen-bond donors (Lipinski definition) is 0. The molecule has 0 aliphatic rings. The van der Waals surface area contributed by atoms with Gasteiger partial charge in [0.05, 0.1) is 0 Å². The van der Waals surface area contributed by atoms with Gasteiger partial charge in [-0.3, -0.25) is 9.59 Å². The van der Waals surface area contributed by atoms with Crippen molar-refractivity contribution in [2.45, 2.75) is 0 Å². The molecule has 0 unspecified atom stereocenters. The largest absolute Gasteiger partial charge is 0.445 e. The molecule has 0 bridgehead atoms. The Bertz CT molecular complexity index is 346. The van der Waals surface area contributed by atoms with Crippen molar-refractivity contribution < 1.29 is 14.0 Å². The second-order valence-corrected chi connectivity index (χ2v) is 1.96. The monoisotopic (exact) mass is 182 g/mol. The van der Waals surface area contributed by atoms with E-state index in [1.54, 1.807) is 0 Å². The Morgan fingerprint density at radius 3 is 1.69 bits per heavy atom. The second-order valence-electron chi connectivity index (χ2n) is 1.96. The van der Waals surface area contributed by atoms with Crippen LogP contribution in [0.15, 0.2) is 26.9 Å². The molecule has 1 rings (SSSR count).